The summed E-state index contributed by atoms with van der Waals surface area (Å²) in [6.07, 6.45) is -2.95. The predicted octanol–water partition coefficient (Wildman–Crippen LogP) is 5.31. The van der Waals surface area contributed by atoms with Crippen molar-refractivity contribution in [3.63, 3.8) is 0 Å². The molecule has 1 aliphatic rings. The number of halogens is 4. The Kier molecular flexibility index (Phi) is 6.76. The summed E-state index contributed by atoms with van der Waals surface area (Å²) < 4.78 is 43.1. The average Bonchev–Trinajstić information content (AvgIpc) is 3.30. The molecule has 210 valence electrons. The van der Waals surface area contributed by atoms with Crippen LogP contribution in [0.15, 0.2) is 41.3 Å². The number of hydrogen-bond donors (Lipinski definition) is 2. The maximum atomic E-state index is 14.0. The molecule has 9 nitrogen and oxygen atoms in total. The smallest absolute Gasteiger partial charge is 0.383 e. The van der Waals surface area contributed by atoms with E-state index in [0.717, 1.165) is 12.1 Å². The van der Waals surface area contributed by atoms with Crippen molar-refractivity contribution in [2.24, 2.45) is 5.41 Å². The fraction of sp³-hybridized carbons (Fsp3) is 0.370. The number of pyridine rings is 1. The van der Waals surface area contributed by atoms with E-state index in [1.165, 1.54) is 6.33 Å². The first-order valence-corrected chi connectivity index (χ1v) is 13.3. The summed E-state index contributed by atoms with van der Waals surface area (Å²) in [7, 11) is 0. The van der Waals surface area contributed by atoms with Gasteiger partial charge in [-0.25, -0.2) is 15.0 Å². The van der Waals surface area contributed by atoms with E-state index in [2.05, 4.69) is 36.2 Å². The van der Waals surface area contributed by atoms with Crippen LogP contribution in [0.3, 0.4) is 0 Å². The molecule has 1 saturated heterocycles. The molecular formula is C27H27BrF3N7O2. The van der Waals surface area contributed by atoms with Gasteiger partial charge in [0.2, 0.25) is 11.8 Å². The highest BCUT2D eigenvalue weighted by Gasteiger charge is 2.49. The molecule has 3 N–H and O–H groups in total. The molecule has 1 aromatic carbocycles. The van der Waals surface area contributed by atoms with E-state index in [1.807, 2.05) is 20.8 Å². The van der Waals surface area contributed by atoms with Gasteiger partial charge in [-0.1, -0.05) is 19.9 Å². The van der Waals surface area contributed by atoms with Crippen LogP contribution in [0.1, 0.15) is 38.3 Å². The monoisotopic (exact) mass is 617 g/mol. The number of aromatic nitrogens is 4. The number of likely N-dealkylation sites (tertiary alicyclic amines) is 1. The fourth-order valence-corrected chi connectivity index (χ4v) is 5.87. The maximum Gasteiger partial charge on any atom is 0.416 e. The highest BCUT2D eigenvalue weighted by atomic mass is 79.9. The van der Waals surface area contributed by atoms with Crippen LogP contribution in [-0.2, 0) is 22.3 Å². The van der Waals surface area contributed by atoms with E-state index in [-0.39, 0.29) is 52.1 Å². The Hall–Kier alpha value is -3.74. The minimum Gasteiger partial charge on any atom is -0.383 e. The number of amides is 2. The summed E-state index contributed by atoms with van der Waals surface area (Å²) in [5.41, 5.74) is 5.82. The Morgan fingerprint density at radius 1 is 1.23 bits per heavy atom. The van der Waals surface area contributed by atoms with E-state index >= 15 is 0 Å². The van der Waals surface area contributed by atoms with Crippen LogP contribution in [-0.4, -0.2) is 48.3 Å². The SMILES string of the molecule is Cc1cc(C(F)(F)F)cc2c3c(N)ncnc3n(CC(=O)N3[C@H](C(=O)Nc4cccc(Br)n4)CC(C)(C)[C@H]3C)c12. The van der Waals surface area contributed by atoms with Crippen LogP contribution in [0.25, 0.3) is 21.9 Å². The lowest BCUT2D eigenvalue weighted by molar-refractivity contribution is -0.139. The topological polar surface area (TPSA) is 119 Å². The number of nitrogens with two attached hydrogens (primary N) is 1. The van der Waals surface area contributed by atoms with Crippen LogP contribution in [0.5, 0.6) is 0 Å². The first-order valence-electron chi connectivity index (χ1n) is 12.5. The summed E-state index contributed by atoms with van der Waals surface area (Å²) in [6.45, 7) is 7.14. The zero-order valence-electron chi connectivity index (χ0n) is 22.2. The predicted molar refractivity (Wildman–Crippen MR) is 148 cm³/mol. The highest BCUT2D eigenvalue weighted by Crippen LogP contribution is 2.42. The molecule has 0 unspecified atom stereocenters. The largest absolute Gasteiger partial charge is 0.416 e. The van der Waals surface area contributed by atoms with Crippen LogP contribution < -0.4 is 11.1 Å². The Morgan fingerprint density at radius 2 is 1.95 bits per heavy atom. The third-order valence-corrected chi connectivity index (χ3v) is 8.17. The van der Waals surface area contributed by atoms with Gasteiger partial charge in [-0.2, -0.15) is 13.2 Å². The minimum atomic E-state index is -4.58. The Labute approximate surface area is 236 Å². The van der Waals surface area contributed by atoms with Gasteiger partial charge in [0.05, 0.1) is 16.5 Å². The molecule has 1 aliphatic heterocycles. The zero-order valence-corrected chi connectivity index (χ0v) is 23.8. The quantitative estimate of drug-likeness (QED) is 0.300. The molecule has 0 saturated carbocycles. The molecule has 5 rings (SSSR count). The second kappa shape index (κ2) is 9.72. The van der Waals surface area contributed by atoms with Crippen molar-refractivity contribution < 1.29 is 22.8 Å². The fourth-order valence-electron chi connectivity index (χ4n) is 5.53. The normalized spacial score (nSPS) is 18.9. The van der Waals surface area contributed by atoms with E-state index in [0.29, 0.717) is 27.9 Å². The summed E-state index contributed by atoms with van der Waals surface area (Å²) >= 11 is 3.29. The number of fused-ring (bicyclic) bond motifs is 3. The lowest BCUT2D eigenvalue weighted by Crippen LogP contribution is -2.48. The molecular weight excluding hydrogens is 591 g/mol. The van der Waals surface area contributed by atoms with Crippen molar-refractivity contribution in [2.75, 3.05) is 11.1 Å². The molecule has 0 aliphatic carbocycles. The first-order chi connectivity index (χ1) is 18.7. The van der Waals surface area contributed by atoms with Gasteiger partial charge in [-0.05, 0) is 71.4 Å². The number of aryl methyl sites for hydroxylation is 1. The second-order valence-electron chi connectivity index (χ2n) is 10.8. The summed E-state index contributed by atoms with van der Waals surface area (Å²) in [4.78, 5) is 41.5. The van der Waals surface area contributed by atoms with E-state index in [1.54, 1.807) is 34.6 Å². The number of benzene rings is 1. The van der Waals surface area contributed by atoms with Gasteiger partial charge in [0.15, 0.2) is 0 Å². The van der Waals surface area contributed by atoms with Crippen molar-refractivity contribution in [3.8, 4) is 0 Å². The lowest BCUT2D eigenvalue weighted by Gasteiger charge is -2.31. The number of nitrogens with one attached hydrogen (secondary N) is 1. The number of alkyl halides is 3. The van der Waals surface area contributed by atoms with Crippen LogP contribution in [0.4, 0.5) is 24.8 Å². The van der Waals surface area contributed by atoms with Crippen molar-refractivity contribution in [3.05, 3.63) is 52.4 Å². The Balaban J connectivity index is 1.57. The number of carbonyl (C=O) groups is 2. The summed E-state index contributed by atoms with van der Waals surface area (Å²) in [5, 5.41) is 3.25. The average molecular weight is 618 g/mol. The van der Waals surface area contributed by atoms with Crippen molar-refractivity contribution in [1.29, 1.82) is 0 Å². The maximum absolute atomic E-state index is 14.0. The van der Waals surface area contributed by atoms with Crippen LogP contribution in [0, 0.1) is 12.3 Å². The molecule has 40 heavy (non-hydrogen) atoms. The van der Waals surface area contributed by atoms with Crippen molar-refractivity contribution in [1.82, 2.24) is 24.4 Å². The van der Waals surface area contributed by atoms with Gasteiger partial charge < -0.3 is 20.5 Å². The lowest BCUT2D eigenvalue weighted by atomic mass is 9.84. The molecule has 4 heterocycles. The van der Waals surface area contributed by atoms with Gasteiger partial charge in [0.25, 0.3) is 0 Å². The van der Waals surface area contributed by atoms with E-state index in [4.69, 9.17) is 5.73 Å². The second-order valence-corrected chi connectivity index (χ2v) is 11.6. The van der Waals surface area contributed by atoms with Gasteiger partial charge >= 0.3 is 6.18 Å². The first kappa shape index (κ1) is 27.8. The molecule has 4 aromatic rings. The zero-order chi connectivity index (χ0) is 29.1. The van der Waals surface area contributed by atoms with Gasteiger partial charge in [0.1, 0.15) is 40.8 Å². The molecule has 2 atom stereocenters. The van der Waals surface area contributed by atoms with Gasteiger partial charge in [0, 0.05) is 11.4 Å². The number of carbonyl (C=O) groups excluding carboxylic acids is 2. The molecule has 0 spiro atoms. The van der Waals surface area contributed by atoms with Crippen LogP contribution in [0.2, 0.25) is 0 Å². The molecule has 2 amide bonds. The van der Waals surface area contributed by atoms with E-state index in [9.17, 15) is 22.8 Å². The molecule has 3 aromatic heterocycles. The van der Waals surface area contributed by atoms with Crippen molar-refractivity contribution in [2.45, 2.75) is 58.9 Å². The molecule has 13 heteroatoms. The number of rotatable bonds is 4. The standard InChI is InChI=1S/C27H27BrF3N7O2/c1-13-8-15(27(29,30)31)9-16-21-23(32)33-12-34-24(21)37(22(13)16)11-20(39)38-14(2)26(3,4)10-17(38)25(40)36-19-7-5-6-18(28)35-19/h5-9,12,14,17H,10-11H2,1-4H3,(H2,32,33,34)(H,35,36,40)/t14-,17+/m1/s1. The third kappa shape index (κ3) is 4.76. The minimum absolute atomic E-state index is 0.00868. The number of nitrogens with zero attached hydrogens (tertiary/aromatic N) is 5. The number of nitrogen functional groups attached to an aromatic ring is 1. The Bertz CT molecular complexity index is 1670. The van der Waals surface area contributed by atoms with Gasteiger partial charge in [-0.3, -0.25) is 9.59 Å². The third-order valence-electron chi connectivity index (χ3n) is 7.73. The van der Waals surface area contributed by atoms with Crippen LogP contribution >= 0.6 is 15.9 Å². The molecule has 0 radical (unpaired) electrons. The number of anilines is 2. The van der Waals surface area contributed by atoms with Gasteiger partial charge in [-0.15, -0.1) is 0 Å². The molecule has 0 bridgehead atoms. The number of hydrogen-bond acceptors (Lipinski definition) is 6. The highest BCUT2D eigenvalue weighted by molar-refractivity contribution is 9.10. The van der Waals surface area contributed by atoms with Crippen molar-refractivity contribution >= 4 is 61.3 Å². The summed E-state index contributed by atoms with van der Waals surface area (Å²) in [6, 6.07) is 6.06. The molecule has 1 fully saturated rings. The van der Waals surface area contributed by atoms with E-state index < -0.39 is 17.8 Å². The summed E-state index contributed by atoms with van der Waals surface area (Å²) in [5.74, 6) is -0.406. The Morgan fingerprint density at radius 3 is 2.62 bits per heavy atom.